The molecule has 0 spiro atoms. The third kappa shape index (κ3) is 7.38. The van der Waals surface area contributed by atoms with Gasteiger partial charge in [-0.15, -0.1) is 11.5 Å². The fourth-order valence-corrected chi connectivity index (χ4v) is 3.70. The number of aliphatic carboxylic acids is 1. The van der Waals surface area contributed by atoms with Crippen LogP contribution in [0.1, 0.15) is 18.7 Å². The number of hydrogen-bond acceptors (Lipinski definition) is 6. The van der Waals surface area contributed by atoms with Crippen molar-refractivity contribution < 1.29 is 29.0 Å². The third-order valence-electron chi connectivity index (χ3n) is 4.11. The van der Waals surface area contributed by atoms with Crippen LogP contribution in [0.2, 0.25) is 10.0 Å². The highest BCUT2D eigenvalue weighted by molar-refractivity contribution is 7.51. The molecule has 0 fully saturated rings. The van der Waals surface area contributed by atoms with E-state index in [2.05, 4.69) is 16.3 Å². The Kier molecular flexibility index (Phi) is 9.33. The number of aryl methyl sites for hydroxylation is 1. The van der Waals surface area contributed by atoms with Gasteiger partial charge in [0, 0.05) is 19.0 Å². The molecule has 14 heteroatoms. The van der Waals surface area contributed by atoms with Gasteiger partial charge in [0.1, 0.15) is 18.2 Å². The fourth-order valence-electron chi connectivity index (χ4n) is 2.78. The van der Waals surface area contributed by atoms with E-state index in [1.807, 2.05) is 0 Å². The monoisotopic (exact) mass is 506 g/mol. The normalized spacial score (nSPS) is 12.8. The SMILES string of the molecule is C#CCOc1cc(-n2nc3n(c2=O)CCCC3)c(Cl)cc1Cl.O=C(O)CNCP(=O)(O)O. The summed E-state index contributed by atoms with van der Waals surface area (Å²) < 4.78 is 18.4. The summed E-state index contributed by atoms with van der Waals surface area (Å²) in [6, 6.07) is 3.11. The summed E-state index contributed by atoms with van der Waals surface area (Å²) >= 11 is 12.3. The summed E-state index contributed by atoms with van der Waals surface area (Å²) in [5.74, 6) is 2.37. The number of carboxylic acids is 1. The number of carboxylic acid groups (broad SMARTS) is 1. The molecule has 2 aromatic rings. The van der Waals surface area contributed by atoms with Gasteiger partial charge in [0.05, 0.1) is 28.6 Å². The minimum Gasteiger partial charge on any atom is -0.480 e. The highest BCUT2D eigenvalue weighted by atomic mass is 35.5. The van der Waals surface area contributed by atoms with Gasteiger partial charge in [-0.2, -0.15) is 4.68 Å². The smallest absolute Gasteiger partial charge is 0.350 e. The number of halogens is 2. The van der Waals surface area contributed by atoms with Crippen molar-refractivity contribution in [2.75, 3.05) is 19.4 Å². The first-order valence-electron chi connectivity index (χ1n) is 9.25. The fraction of sp³-hybridized carbons (Fsp3) is 0.389. The Morgan fingerprint density at radius 1 is 1.31 bits per heavy atom. The van der Waals surface area contributed by atoms with Gasteiger partial charge in [-0.25, -0.2) is 4.79 Å². The average Bonchev–Trinajstić information content (AvgIpc) is 3.03. The highest BCUT2D eigenvalue weighted by Crippen LogP contribution is 2.33. The Morgan fingerprint density at radius 3 is 2.62 bits per heavy atom. The zero-order valence-corrected chi connectivity index (χ0v) is 19.1. The van der Waals surface area contributed by atoms with Crippen molar-refractivity contribution in [1.82, 2.24) is 19.7 Å². The van der Waals surface area contributed by atoms with Gasteiger partial charge in [0.25, 0.3) is 0 Å². The second kappa shape index (κ2) is 11.5. The van der Waals surface area contributed by atoms with E-state index < -0.39 is 26.4 Å². The van der Waals surface area contributed by atoms with Crippen molar-refractivity contribution in [2.24, 2.45) is 0 Å². The van der Waals surface area contributed by atoms with Gasteiger partial charge < -0.3 is 19.6 Å². The summed E-state index contributed by atoms with van der Waals surface area (Å²) in [4.78, 5) is 38.6. The molecule has 174 valence electrons. The Hall–Kier alpha value is -2.32. The maximum Gasteiger partial charge on any atom is 0.350 e. The van der Waals surface area contributed by atoms with Gasteiger partial charge >= 0.3 is 19.3 Å². The van der Waals surface area contributed by atoms with Gasteiger partial charge in [-0.05, 0) is 18.9 Å². The topological polar surface area (TPSA) is 156 Å². The van der Waals surface area contributed by atoms with Gasteiger partial charge in [-0.3, -0.25) is 19.2 Å². The summed E-state index contributed by atoms with van der Waals surface area (Å²) in [7, 11) is -4.10. The maximum absolute atomic E-state index is 12.5. The van der Waals surface area contributed by atoms with Crippen molar-refractivity contribution in [2.45, 2.75) is 25.8 Å². The van der Waals surface area contributed by atoms with E-state index in [0.717, 1.165) is 25.1 Å². The number of rotatable bonds is 7. The Morgan fingerprint density at radius 2 is 2.03 bits per heavy atom. The number of carbonyl (C=O) groups is 1. The molecule has 2 heterocycles. The summed E-state index contributed by atoms with van der Waals surface area (Å²) in [5.41, 5.74) is 0.229. The first-order valence-corrected chi connectivity index (χ1v) is 11.8. The maximum atomic E-state index is 12.5. The number of aromatic nitrogens is 3. The molecule has 11 nitrogen and oxygen atoms in total. The van der Waals surface area contributed by atoms with E-state index >= 15 is 0 Å². The van der Waals surface area contributed by atoms with Crippen molar-refractivity contribution in [3.05, 3.63) is 38.5 Å². The van der Waals surface area contributed by atoms with E-state index in [4.69, 9.17) is 49.3 Å². The van der Waals surface area contributed by atoms with E-state index in [1.54, 1.807) is 10.6 Å². The second-order valence-corrected chi connectivity index (χ2v) is 9.05. The molecule has 3 rings (SSSR count). The molecular formula is C18H21Cl2N4O7P. The van der Waals surface area contributed by atoms with Crippen LogP contribution in [-0.4, -0.2) is 54.6 Å². The molecule has 1 aromatic heterocycles. The molecule has 4 N–H and O–H groups in total. The lowest BCUT2D eigenvalue weighted by atomic mass is 10.2. The zero-order chi connectivity index (χ0) is 23.9. The number of nitrogens with one attached hydrogen (secondary N) is 1. The third-order valence-corrected chi connectivity index (χ3v) is 5.34. The molecule has 0 saturated carbocycles. The van der Waals surface area contributed by atoms with Crippen LogP contribution in [-0.2, 0) is 22.3 Å². The van der Waals surface area contributed by atoms with Crippen LogP contribution >= 0.6 is 30.8 Å². The van der Waals surface area contributed by atoms with E-state index in [1.165, 1.54) is 10.7 Å². The second-order valence-electron chi connectivity index (χ2n) is 6.59. The lowest BCUT2D eigenvalue weighted by molar-refractivity contribution is -0.135. The molecule has 0 radical (unpaired) electrons. The number of terminal acetylenes is 1. The number of hydrogen-bond donors (Lipinski definition) is 4. The van der Waals surface area contributed by atoms with Gasteiger partial charge in [0.15, 0.2) is 0 Å². The number of benzene rings is 1. The largest absolute Gasteiger partial charge is 0.480 e. The molecule has 0 unspecified atom stereocenters. The van der Waals surface area contributed by atoms with Crippen LogP contribution in [0.4, 0.5) is 0 Å². The van der Waals surface area contributed by atoms with E-state index in [0.29, 0.717) is 28.0 Å². The van der Waals surface area contributed by atoms with Crippen molar-refractivity contribution in [3.8, 4) is 23.8 Å². The van der Waals surface area contributed by atoms with Crippen LogP contribution in [0.3, 0.4) is 0 Å². The Bertz CT molecular complexity index is 1120. The zero-order valence-electron chi connectivity index (χ0n) is 16.7. The van der Waals surface area contributed by atoms with Crippen LogP contribution in [0.25, 0.3) is 5.69 Å². The molecule has 0 atom stereocenters. The van der Waals surface area contributed by atoms with Crippen LogP contribution in [0.5, 0.6) is 5.75 Å². The molecule has 1 aliphatic rings. The summed E-state index contributed by atoms with van der Waals surface area (Å²) in [6.45, 7) is 0.320. The first-order chi connectivity index (χ1) is 15.0. The van der Waals surface area contributed by atoms with Crippen LogP contribution in [0.15, 0.2) is 16.9 Å². The first kappa shape index (κ1) is 25.9. The van der Waals surface area contributed by atoms with E-state index in [9.17, 15) is 14.2 Å². The molecule has 0 saturated heterocycles. The van der Waals surface area contributed by atoms with Crippen LogP contribution < -0.4 is 15.7 Å². The number of nitrogens with zero attached hydrogens (tertiary/aromatic N) is 3. The molecule has 1 aliphatic heterocycles. The lowest BCUT2D eigenvalue weighted by Gasteiger charge is -2.09. The summed E-state index contributed by atoms with van der Waals surface area (Å²) in [5, 5.41) is 15.1. The van der Waals surface area contributed by atoms with Gasteiger partial charge in [-0.1, -0.05) is 29.1 Å². The van der Waals surface area contributed by atoms with Crippen molar-refractivity contribution >= 4 is 36.8 Å². The average molecular weight is 507 g/mol. The molecular weight excluding hydrogens is 486 g/mol. The molecule has 0 amide bonds. The minimum absolute atomic E-state index is 0.0788. The van der Waals surface area contributed by atoms with Crippen molar-refractivity contribution in [3.63, 3.8) is 0 Å². The number of fused-ring (bicyclic) bond motifs is 1. The Balaban J connectivity index is 0.000000309. The van der Waals surface area contributed by atoms with E-state index in [-0.39, 0.29) is 12.3 Å². The predicted octanol–water partition coefficient (Wildman–Crippen LogP) is 1.48. The van der Waals surface area contributed by atoms with Crippen LogP contribution in [0, 0.1) is 12.3 Å². The molecule has 32 heavy (non-hydrogen) atoms. The summed E-state index contributed by atoms with van der Waals surface area (Å²) in [6.07, 6.45) is 7.37. The molecule has 0 aliphatic carbocycles. The molecule has 0 bridgehead atoms. The number of ether oxygens (including phenoxy) is 1. The molecule has 1 aromatic carbocycles. The lowest BCUT2D eigenvalue weighted by Crippen LogP contribution is -2.26. The van der Waals surface area contributed by atoms with Gasteiger partial charge in [0.2, 0.25) is 0 Å². The van der Waals surface area contributed by atoms with Crippen molar-refractivity contribution in [1.29, 1.82) is 0 Å². The quantitative estimate of drug-likeness (QED) is 0.322. The Labute approximate surface area is 193 Å². The highest BCUT2D eigenvalue weighted by Gasteiger charge is 2.20. The predicted molar refractivity (Wildman–Crippen MR) is 118 cm³/mol. The minimum atomic E-state index is -4.10. The standard InChI is InChI=1S/C15H13Cl2N3O2.C3H8NO5P/c1-2-7-22-13-9-12(10(16)8-11(13)17)20-15(21)19-6-4-3-5-14(19)18-20;5-3(6)1-4-2-10(7,8)9/h1,8-9H,3-7H2;4H,1-2H2,(H,5,6)(H2,7,8,9).